The number of aliphatic imine (C=N–C) groups is 1. The minimum atomic E-state index is -0.810. The molecular weight excluding hydrogens is 369 g/mol. The number of halogens is 1. The number of hydrogen-bond donors (Lipinski definition) is 2. The summed E-state index contributed by atoms with van der Waals surface area (Å²) >= 11 is 1.42. The fourth-order valence-corrected chi connectivity index (χ4v) is 5.04. The van der Waals surface area contributed by atoms with Crippen LogP contribution in [-0.4, -0.2) is 35.8 Å². The van der Waals surface area contributed by atoms with Gasteiger partial charge in [-0.25, -0.2) is 9.18 Å². The van der Waals surface area contributed by atoms with Gasteiger partial charge in [0.25, 0.3) is 0 Å². The third kappa shape index (κ3) is 4.06. The molecule has 0 radical (unpaired) electrons. The lowest BCUT2D eigenvalue weighted by atomic mass is 9.80. The van der Waals surface area contributed by atoms with E-state index >= 15 is 0 Å². The van der Waals surface area contributed by atoms with Crippen molar-refractivity contribution in [3.63, 3.8) is 0 Å². The first kappa shape index (κ1) is 19.9. The van der Waals surface area contributed by atoms with E-state index in [4.69, 9.17) is 20.2 Å². The number of rotatable bonds is 2. The zero-order valence-electron chi connectivity index (χ0n) is 16.0. The van der Waals surface area contributed by atoms with Crippen molar-refractivity contribution in [1.82, 2.24) is 5.32 Å². The molecule has 0 spiro atoms. The molecule has 1 aliphatic heterocycles. The topological polar surface area (TPSA) is 85.9 Å². The second-order valence-electron chi connectivity index (χ2n) is 7.94. The number of amides is 1. The van der Waals surface area contributed by atoms with E-state index in [-0.39, 0.29) is 17.8 Å². The van der Waals surface area contributed by atoms with E-state index in [9.17, 15) is 9.18 Å². The van der Waals surface area contributed by atoms with Crippen LogP contribution in [0.1, 0.15) is 39.2 Å². The molecule has 1 aliphatic carbocycles. The Hall–Kier alpha value is -1.80. The lowest BCUT2D eigenvalue weighted by molar-refractivity contribution is 0.0561. The van der Waals surface area contributed by atoms with Gasteiger partial charge in [-0.1, -0.05) is 11.8 Å². The Kier molecular flexibility index (Phi) is 5.40. The van der Waals surface area contributed by atoms with Gasteiger partial charge in [0, 0.05) is 30.0 Å². The van der Waals surface area contributed by atoms with Crippen molar-refractivity contribution in [3.05, 3.63) is 29.6 Å². The van der Waals surface area contributed by atoms with Gasteiger partial charge in [0.1, 0.15) is 11.4 Å². The fraction of sp³-hybridized carbons (Fsp3) is 0.579. The zero-order chi connectivity index (χ0) is 19.8. The molecule has 1 heterocycles. The van der Waals surface area contributed by atoms with Gasteiger partial charge in [0.05, 0.1) is 11.6 Å². The van der Waals surface area contributed by atoms with Crippen molar-refractivity contribution < 1.29 is 18.7 Å². The number of anilines is 1. The number of fused-ring (bicyclic) bond motifs is 1. The number of nitrogens with two attached hydrogens (primary N) is 1. The molecule has 3 N–H and O–H groups in total. The number of alkyl carbamates (subject to hydrolysis) is 1. The minimum Gasteiger partial charge on any atom is -0.444 e. The van der Waals surface area contributed by atoms with Gasteiger partial charge in [-0.3, -0.25) is 10.3 Å². The number of carbonyl (C=O) groups is 1. The average molecular weight is 396 g/mol. The maximum absolute atomic E-state index is 14.7. The highest BCUT2D eigenvalue weighted by Gasteiger charge is 2.53. The highest BCUT2D eigenvalue weighted by atomic mass is 32.2. The first-order valence-electron chi connectivity index (χ1n) is 8.95. The van der Waals surface area contributed by atoms with Crippen LogP contribution in [0.4, 0.5) is 14.9 Å². The molecule has 6 nitrogen and oxygen atoms in total. The monoisotopic (exact) mass is 395 g/mol. The maximum atomic E-state index is 14.7. The number of thioether (sulfide) groups is 1. The highest BCUT2D eigenvalue weighted by molar-refractivity contribution is 8.13. The predicted molar refractivity (Wildman–Crippen MR) is 105 cm³/mol. The van der Waals surface area contributed by atoms with Gasteiger partial charge >= 0.3 is 6.09 Å². The Morgan fingerprint density at radius 1 is 1.44 bits per heavy atom. The van der Waals surface area contributed by atoms with Gasteiger partial charge in [0.2, 0.25) is 0 Å². The normalized spacial score (nSPS) is 27.7. The Morgan fingerprint density at radius 2 is 2.19 bits per heavy atom. The summed E-state index contributed by atoms with van der Waals surface area (Å²) in [5.74, 6) is 0.299. The maximum Gasteiger partial charge on any atom is 0.413 e. The molecule has 1 fully saturated rings. The summed E-state index contributed by atoms with van der Waals surface area (Å²) in [7, 11) is 1.67. The van der Waals surface area contributed by atoms with Crippen molar-refractivity contribution in [1.29, 1.82) is 0 Å². The average Bonchev–Trinajstić information content (AvgIpc) is 2.94. The minimum absolute atomic E-state index is 0.00649. The Bertz CT molecular complexity index is 765. The molecule has 0 aromatic heterocycles. The van der Waals surface area contributed by atoms with Crippen LogP contribution in [0.15, 0.2) is 23.2 Å². The van der Waals surface area contributed by atoms with E-state index in [1.807, 2.05) is 0 Å². The third-order valence-corrected chi connectivity index (χ3v) is 5.93. The lowest BCUT2D eigenvalue weighted by Gasteiger charge is -2.38. The molecule has 2 aliphatic rings. The molecule has 1 amide bonds. The van der Waals surface area contributed by atoms with Gasteiger partial charge in [0.15, 0.2) is 5.17 Å². The number of nitrogens with one attached hydrogen (secondary N) is 1. The zero-order valence-corrected chi connectivity index (χ0v) is 16.9. The molecule has 0 saturated heterocycles. The third-order valence-electron chi connectivity index (χ3n) is 4.94. The van der Waals surface area contributed by atoms with Crippen molar-refractivity contribution in [2.75, 3.05) is 18.6 Å². The molecule has 27 heavy (non-hydrogen) atoms. The van der Waals surface area contributed by atoms with Gasteiger partial charge < -0.3 is 15.2 Å². The van der Waals surface area contributed by atoms with Crippen LogP contribution in [-0.2, 0) is 15.0 Å². The summed E-state index contributed by atoms with van der Waals surface area (Å²) in [4.78, 5) is 17.0. The smallest absolute Gasteiger partial charge is 0.413 e. The first-order valence-corrected chi connectivity index (χ1v) is 9.94. The summed E-state index contributed by atoms with van der Waals surface area (Å²) in [5, 5.41) is 3.14. The van der Waals surface area contributed by atoms with Gasteiger partial charge in [-0.05, 0) is 51.8 Å². The molecule has 1 saturated carbocycles. The van der Waals surface area contributed by atoms with Crippen LogP contribution >= 0.6 is 11.8 Å². The molecule has 148 valence electrons. The Balaban J connectivity index is 1.98. The quantitative estimate of drug-likeness (QED) is 0.747. The van der Waals surface area contributed by atoms with Crippen molar-refractivity contribution in [3.8, 4) is 0 Å². The van der Waals surface area contributed by atoms with E-state index < -0.39 is 17.2 Å². The number of amidine groups is 1. The molecule has 1 aromatic carbocycles. The SMILES string of the molecule is CO[C@H]1CC[C@@]2(c3cc(N)ccc3F)N=C(NC(=O)OC(C)(C)C)SC[C@H]12. The standard InChI is InChI=1S/C19H26FN3O3S/c1-18(2,3)26-17(24)22-16-23-19(12-9-11(21)5-6-14(12)20)8-7-15(25-4)13(19)10-27-16/h5-6,9,13,15H,7-8,10,21H2,1-4H3,(H,22,23,24)/t13-,15+,19+/m1/s1. The van der Waals surface area contributed by atoms with Crippen molar-refractivity contribution in [2.45, 2.75) is 50.9 Å². The number of hydrogen-bond acceptors (Lipinski definition) is 6. The number of nitrogen functional groups attached to an aromatic ring is 1. The number of carbonyl (C=O) groups excluding carboxylic acids is 1. The van der Waals surface area contributed by atoms with Crippen LogP contribution < -0.4 is 11.1 Å². The second kappa shape index (κ2) is 7.31. The summed E-state index contributed by atoms with van der Waals surface area (Å²) in [5.41, 5.74) is 5.44. The molecule has 3 atom stereocenters. The fourth-order valence-electron chi connectivity index (χ4n) is 3.83. The number of nitrogens with zero attached hydrogens (tertiary/aromatic N) is 1. The number of methoxy groups -OCH3 is 1. The van der Waals surface area contributed by atoms with E-state index in [1.54, 1.807) is 33.9 Å². The molecule has 0 bridgehead atoms. The van der Waals surface area contributed by atoms with Crippen LogP contribution in [0.25, 0.3) is 0 Å². The molecule has 8 heteroatoms. The first-order chi connectivity index (χ1) is 12.6. The molecule has 3 rings (SSSR count). The lowest BCUT2D eigenvalue weighted by Crippen LogP contribution is -2.44. The van der Waals surface area contributed by atoms with Crippen molar-refractivity contribution in [2.24, 2.45) is 10.9 Å². The van der Waals surface area contributed by atoms with E-state index in [1.165, 1.54) is 23.9 Å². The summed E-state index contributed by atoms with van der Waals surface area (Å²) in [6.07, 6.45) is 0.789. The second-order valence-corrected chi connectivity index (χ2v) is 8.95. The van der Waals surface area contributed by atoms with E-state index in [0.29, 0.717) is 28.6 Å². The van der Waals surface area contributed by atoms with E-state index in [2.05, 4.69) is 5.32 Å². The Labute approximate surface area is 163 Å². The largest absolute Gasteiger partial charge is 0.444 e. The predicted octanol–water partition coefficient (Wildman–Crippen LogP) is 3.66. The van der Waals surface area contributed by atoms with Crippen molar-refractivity contribution >= 4 is 28.7 Å². The number of benzene rings is 1. The molecular formula is C19H26FN3O3S. The van der Waals surface area contributed by atoms with Gasteiger partial charge in [-0.2, -0.15) is 0 Å². The van der Waals surface area contributed by atoms with Crippen LogP contribution in [0.3, 0.4) is 0 Å². The Morgan fingerprint density at radius 3 is 2.85 bits per heavy atom. The van der Waals surface area contributed by atoms with Crippen LogP contribution in [0.5, 0.6) is 0 Å². The molecule has 1 aromatic rings. The van der Waals surface area contributed by atoms with Gasteiger partial charge in [-0.15, -0.1) is 0 Å². The van der Waals surface area contributed by atoms with Crippen LogP contribution in [0, 0.1) is 11.7 Å². The van der Waals surface area contributed by atoms with Crippen LogP contribution in [0.2, 0.25) is 0 Å². The molecule has 0 unspecified atom stereocenters. The summed E-state index contributed by atoms with van der Waals surface area (Å²) in [6.45, 7) is 5.38. The summed E-state index contributed by atoms with van der Waals surface area (Å²) < 4.78 is 25.7. The summed E-state index contributed by atoms with van der Waals surface area (Å²) in [6, 6.07) is 4.55. The highest BCUT2D eigenvalue weighted by Crippen LogP contribution is 2.52. The van der Waals surface area contributed by atoms with E-state index in [0.717, 1.165) is 6.42 Å². The number of ether oxygens (including phenoxy) is 2.